The number of carbonyl (C=O) groups excluding carboxylic acids is 1. The third kappa shape index (κ3) is 4.12. The number of amides is 1. The van der Waals surface area contributed by atoms with Crippen molar-refractivity contribution in [2.24, 2.45) is 0 Å². The van der Waals surface area contributed by atoms with Crippen LogP contribution < -0.4 is 4.74 Å². The van der Waals surface area contributed by atoms with Crippen molar-refractivity contribution in [3.8, 4) is 28.1 Å². The number of benzene rings is 2. The lowest BCUT2D eigenvalue weighted by Crippen LogP contribution is -2.40. The van der Waals surface area contributed by atoms with E-state index in [2.05, 4.69) is 34.0 Å². The highest BCUT2D eigenvalue weighted by molar-refractivity contribution is 5.96. The van der Waals surface area contributed by atoms with Crippen LogP contribution in [-0.2, 0) is 17.7 Å². The normalized spacial score (nSPS) is 16.2. The quantitative estimate of drug-likeness (QED) is 0.476. The summed E-state index contributed by atoms with van der Waals surface area (Å²) in [5.74, 6) is 0.934. The highest BCUT2D eigenvalue weighted by Crippen LogP contribution is 2.34. The van der Waals surface area contributed by atoms with Crippen molar-refractivity contribution in [3.05, 3.63) is 65.5 Å². The van der Waals surface area contributed by atoms with Crippen molar-refractivity contribution in [1.82, 2.24) is 24.8 Å². The number of nitrogens with zero attached hydrogens (tertiary/aromatic N) is 4. The predicted molar refractivity (Wildman–Crippen MR) is 138 cm³/mol. The third-order valence-corrected chi connectivity index (χ3v) is 7.13. The van der Waals surface area contributed by atoms with Crippen LogP contribution in [-0.4, -0.2) is 77.7 Å². The number of morpholine rings is 1. The van der Waals surface area contributed by atoms with Crippen molar-refractivity contribution in [1.29, 1.82) is 0 Å². The van der Waals surface area contributed by atoms with Crippen molar-refractivity contribution >= 4 is 17.1 Å². The monoisotopic (exact) mass is 483 g/mol. The zero-order valence-electron chi connectivity index (χ0n) is 20.6. The number of hydrogen-bond donors (Lipinski definition) is 1. The first-order chi connectivity index (χ1) is 17.6. The maximum absolute atomic E-state index is 12.8. The Morgan fingerprint density at radius 1 is 1.08 bits per heavy atom. The number of methoxy groups -OCH3 is 1. The topological polar surface area (TPSA) is 83.6 Å². The van der Waals surface area contributed by atoms with E-state index in [1.165, 1.54) is 11.1 Å². The zero-order chi connectivity index (χ0) is 24.6. The number of H-pyrrole nitrogens is 1. The minimum absolute atomic E-state index is 0.0402. The van der Waals surface area contributed by atoms with Crippen molar-refractivity contribution in [3.63, 3.8) is 0 Å². The van der Waals surface area contributed by atoms with Gasteiger partial charge in [-0.3, -0.25) is 4.79 Å². The van der Waals surface area contributed by atoms with Gasteiger partial charge in [0.25, 0.3) is 5.91 Å². The maximum Gasteiger partial charge on any atom is 0.254 e. The van der Waals surface area contributed by atoms with Gasteiger partial charge in [0, 0.05) is 54.6 Å². The van der Waals surface area contributed by atoms with Gasteiger partial charge in [-0.2, -0.15) is 0 Å². The molecule has 0 spiro atoms. The molecule has 184 valence electrons. The zero-order valence-corrected chi connectivity index (χ0v) is 20.6. The van der Waals surface area contributed by atoms with Gasteiger partial charge < -0.3 is 24.3 Å². The smallest absolute Gasteiger partial charge is 0.254 e. The number of carbonyl (C=O) groups is 1. The van der Waals surface area contributed by atoms with E-state index >= 15 is 0 Å². The van der Waals surface area contributed by atoms with Crippen LogP contribution in [0.25, 0.3) is 33.5 Å². The number of likely N-dealkylation sites (N-methyl/N-ethyl adjacent to an activating group) is 1. The van der Waals surface area contributed by atoms with E-state index in [1.807, 2.05) is 41.6 Å². The van der Waals surface area contributed by atoms with Crippen molar-refractivity contribution < 1.29 is 14.3 Å². The van der Waals surface area contributed by atoms with Crippen LogP contribution in [0, 0.1) is 0 Å². The lowest BCUT2D eigenvalue weighted by atomic mass is 9.95. The Balaban J connectivity index is 1.33. The molecule has 1 N–H and O–H groups in total. The molecule has 1 fully saturated rings. The fraction of sp³-hybridized carbons (Fsp3) is 0.321. The molecule has 1 saturated heterocycles. The number of fused-ring (bicyclic) bond motifs is 2. The fourth-order valence-electron chi connectivity index (χ4n) is 5.09. The second-order valence-corrected chi connectivity index (χ2v) is 9.44. The molecule has 1 amide bonds. The van der Waals surface area contributed by atoms with Gasteiger partial charge in [0.05, 0.1) is 32.2 Å². The Bertz CT molecular complexity index is 1410. The molecule has 4 aromatic rings. The summed E-state index contributed by atoms with van der Waals surface area (Å²) < 4.78 is 11.1. The summed E-state index contributed by atoms with van der Waals surface area (Å²) in [5, 5.41) is 0. The SMILES string of the molecule is COc1cc(-c2cnc3[nH]cc(-c4ccc(C(=O)N5CCOCC5)cc4)c3n2)cc2c1CN(C)CC2. The molecule has 4 heterocycles. The van der Waals surface area contributed by atoms with Crippen LogP contribution in [0.2, 0.25) is 0 Å². The Labute approximate surface area is 209 Å². The molecule has 2 aromatic carbocycles. The van der Waals surface area contributed by atoms with Crippen LogP contribution in [0.3, 0.4) is 0 Å². The molecule has 2 aromatic heterocycles. The van der Waals surface area contributed by atoms with Gasteiger partial charge in [-0.05, 0) is 48.9 Å². The largest absolute Gasteiger partial charge is 0.496 e. The van der Waals surface area contributed by atoms with Gasteiger partial charge in [0.1, 0.15) is 11.3 Å². The van der Waals surface area contributed by atoms with Crippen LogP contribution >= 0.6 is 0 Å². The minimum atomic E-state index is 0.0402. The molecule has 36 heavy (non-hydrogen) atoms. The maximum atomic E-state index is 12.8. The molecule has 0 saturated carbocycles. The molecule has 0 unspecified atom stereocenters. The van der Waals surface area contributed by atoms with Crippen LogP contribution in [0.5, 0.6) is 5.75 Å². The predicted octanol–water partition coefficient (Wildman–Crippen LogP) is 3.76. The third-order valence-electron chi connectivity index (χ3n) is 7.13. The van der Waals surface area contributed by atoms with Crippen LogP contribution in [0.15, 0.2) is 48.8 Å². The van der Waals surface area contributed by atoms with Crippen molar-refractivity contribution in [2.75, 3.05) is 47.0 Å². The summed E-state index contributed by atoms with van der Waals surface area (Å²) in [5.41, 5.74) is 8.51. The van der Waals surface area contributed by atoms with E-state index in [-0.39, 0.29) is 5.91 Å². The van der Waals surface area contributed by atoms with Gasteiger partial charge >= 0.3 is 0 Å². The van der Waals surface area contributed by atoms with Gasteiger partial charge in [-0.25, -0.2) is 9.97 Å². The lowest BCUT2D eigenvalue weighted by Gasteiger charge is -2.27. The fourth-order valence-corrected chi connectivity index (χ4v) is 5.09. The Morgan fingerprint density at radius 2 is 1.89 bits per heavy atom. The molecular formula is C28H29N5O3. The van der Waals surface area contributed by atoms with Crippen LogP contribution in [0.1, 0.15) is 21.5 Å². The summed E-state index contributed by atoms with van der Waals surface area (Å²) in [6.07, 6.45) is 4.72. The number of rotatable bonds is 4. The van der Waals surface area contributed by atoms with Gasteiger partial charge in [-0.15, -0.1) is 0 Å². The minimum Gasteiger partial charge on any atom is -0.496 e. The molecule has 8 nitrogen and oxygen atoms in total. The molecule has 0 radical (unpaired) electrons. The molecule has 6 rings (SSSR count). The number of aromatic nitrogens is 3. The first kappa shape index (κ1) is 22.7. The molecule has 0 aliphatic carbocycles. The van der Waals surface area contributed by atoms with E-state index < -0.39 is 0 Å². The molecule has 2 aliphatic rings. The van der Waals surface area contributed by atoms with E-state index in [0.29, 0.717) is 31.9 Å². The summed E-state index contributed by atoms with van der Waals surface area (Å²) in [6, 6.07) is 12.0. The first-order valence-electron chi connectivity index (χ1n) is 12.3. The summed E-state index contributed by atoms with van der Waals surface area (Å²) in [6.45, 7) is 4.35. The number of aromatic amines is 1. The van der Waals surface area contributed by atoms with Gasteiger partial charge in [0.15, 0.2) is 5.65 Å². The number of ether oxygens (including phenoxy) is 2. The number of hydrogen-bond acceptors (Lipinski definition) is 6. The Kier molecular flexibility index (Phi) is 5.91. The van der Waals surface area contributed by atoms with Gasteiger partial charge in [-0.1, -0.05) is 12.1 Å². The van der Waals surface area contributed by atoms with Gasteiger partial charge in [0.2, 0.25) is 0 Å². The molecule has 2 aliphatic heterocycles. The van der Waals surface area contributed by atoms with E-state index in [0.717, 1.165) is 58.8 Å². The van der Waals surface area contributed by atoms with Crippen LogP contribution in [0.4, 0.5) is 0 Å². The lowest BCUT2D eigenvalue weighted by molar-refractivity contribution is 0.0303. The molecular weight excluding hydrogens is 454 g/mol. The molecule has 8 heteroatoms. The average molecular weight is 484 g/mol. The van der Waals surface area contributed by atoms with E-state index in [4.69, 9.17) is 14.5 Å². The van der Waals surface area contributed by atoms with E-state index in [1.54, 1.807) is 7.11 Å². The molecule has 0 atom stereocenters. The van der Waals surface area contributed by atoms with E-state index in [9.17, 15) is 4.79 Å². The van der Waals surface area contributed by atoms with Crippen molar-refractivity contribution in [2.45, 2.75) is 13.0 Å². The first-order valence-corrected chi connectivity index (χ1v) is 12.3. The number of nitrogens with one attached hydrogen (secondary N) is 1. The summed E-state index contributed by atoms with van der Waals surface area (Å²) in [4.78, 5) is 29.9. The highest BCUT2D eigenvalue weighted by Gasteiger charge is 2.21. The standard InChI is InChI=1S/C28H29N5O3/c1-32-8-7-20-13-21(14-25(35-2)23(20)17-32)24-16-30-27-26(31-24)22(15-29-27)18-3-5-19(6-4-18)28(34)33-9-11-36-12-10-33/h3-6,13-16H,7-12,17H2,1-2H3,(H,29,30). The second kappa shape index (κ2) is 9.37. The highest BCUT2D eigenvalue weighted by atomic mass is 16.5. The Morgan fingerprint density at radius 3 is 2.67 bits per heavy atom. The summed E-state index contributed by atoms with van der Waals surface area (Å²) >= 11 is 0. The summed E-state index contributed by atoms with van der Waals surface area (Å²) in [7, 11) is 3.86. The molecule has 0 bridgehead atoms. The Hall–Kier alpha value is -3.75. The second-order valence-electron chi connectivity index (χ2n) is 9.44. The average Bonchev–Trinajstić information content (AvgIpc) is 3.36.